The largest absolute Gasteiger partial charge is 0.435 e. The van der Waals surface area contributed by atoms with Gasteiger partial charge in [0.05, 0.1) is 5.69 Å². The molecule has 0 fully saturated rings. The predicted molar refractivity (Wildman–Crippen MR) is 66.3 cm³/mol. The highest BCUT2D eigenvalue weighted by Crippen LogP contribution is 2.29. The van der Waals surface area contributed by atoms with Crippen LogP contribution in [0.5, 0.6) is 0 Å². The third-order valence-corrected chi connectivity index (χ3v) is 3.12. The molecule has 3 nitrogen and oxygen atoms in total. The number of carbonyl (C=O) groups excluding carboxylic acids is 1. The van der Waals surface area contributed by atoms with Crippen molar-refractivity contribution in [2.75, 3.05) is 0 Å². The van der Waals surface area contributed by atoms with Crippen LogP contribution in [0.4, 0.5) is 13.2 Å². The zero-order valence-corrected chi connectivity index (χ0v) is 11.3. The second-order valence-electron chi connectivity index (χ2n) is 3.87. The Bertz CT molecular complexity index is 634. The lowest BCUT2D eigenvalue weighted by Crippen LogP contribution is -2.07. The zero-order chi connectivity index (χ0) is 14.2. The van der Waals surface area contributed by atoms with Crippen molar-refractivity contribution >= 4 is 21.7 Å². The molecule has 19 heavy (non-hydrogen) atoms. The van der Waals surface area contributed by atoms with E-state index in [1.807, 2.05) is 0 Å². The first kappa shape index (κ1) is 13.8. The van der Waals surface area contributed by atoms with Gasteiger partial charge in [0.25, 0.3) is 0 Å². The highest BCUT2D eigenvalue weighted by atomic mass is 79.9. The van der Waals surface area contributed by atoms with Crippen LogP contribution in [0.1, 0.15) is 23.0 Å². The van der Waals surface area contributed by atoms with Gasteiger partial charge in [0, 0.05) is 16.2 Å². The lowest BCUT2D eigenvalue weighted by molar-refractivity contribution is -0.141. The standard InChI is InChI=1S/C12H8BrF3N2O/c1-7(19)8-2-3-10(9(13)6-8)18-5-4-11(17-18)12(14,15)16/h2-6H,1H3. The summed E-state index contributed by atoms with van der Waals surface area (Å²) in [5.74, 6) is -0.122. The SMILES string of the molecule is CC(=O)c1ccc(-n2ccc(C(F)(F)F)n2)c(Br)c1. The second-order valence-corrected chi connectivity index (χ2v) is 4.72. The van der Waals surface area contributed by atoms with E-state index in [4.69, 9.17) is 0 Å². The summed E-state index contributed by atoms with van der Waals surface area (Å²) in [5.41, 5.74) is -0.0608. The molecule has 1 aromatic carbocycles. The van der Waals surface area contributed by atoms with Crippen molar-refractivity contribution in [1.82, 2.24) is 9.78 Å². The van der Waals surface area contributed by atoms with Crippen LogP contribution in [0.25, 0.3) is 5.69 Å². The molecule has 0 saturated heterocycles. The third-order valence-electron chi connectivity index (χ3n) is 2.48. The normalized spacial score (nSPS) is 11.6. The molecule has 100 valence electrons. The number of halogens is 4. The third kappa shape index (κ3) is 2.86. The molecule has 0 N–H and O–H groups in total. The van der Waals surface area contributed by atoms with Crippen molar-refractivity contribution in [3.05, 3.63) is 46.2 Å². The summed E-state index contributed by atoms with van der Waals surface area (Å²) in [7, 11) is 0. The van der Waals surface area contributed by atoms with E-state index in [1.54, 1.807) is 6.07 Å². The van der Waals surface area contributed by atoms with Gasteiger partial charge in [-0.3, -0.25) is 4.79 Å². The van der Waals surface area contributed by atoms with Gasteiger partial charge in [0.1, 0.15) is 0 Å². The number of nitrogens with zero attached hydrogens (tertiary/aromatic N) is 2. The number of ketones is 1. The maximum Gasteiger partial charge on any atom is 0.435 e. The van der Waals surface area contributed by atoms with E-state index in [0.29, 0.717) is 15.7 Å². The molecule has 2 rings (SSSR count). The van der Waals surface area contributed by atoms with Gasteiger partial charge in [-0.25, -0.2) is 4.68 Å². The average molecular weight is 333 g/mol. The molecule has 0 aliphatic carbocycles. The Labute approximate surface area is 115 Å². The molecule has 0 amide bonds. The van der Waals surface area contributed by atoms with Gasteiger partial charge in [-0.2, -0.15) is 18.3 Å². The van der Waals surface area contributed by atoms with Crippen LogP contribution in [0.3, 0.4) is 0 Å². The minimum Gasteiger partial charge on any atom is -0.295 e. The van der Waals surface area contributed by atoms with Crippen LogP contribution >= 0.6 is 15.9 Å². The van der Waals surface area contributed by atoms with Crippen LogP contribution in [0.2, 0.25) is 0 Å². The fraction of sp³-hybridized carbons (Fsp3) is 0.167. The molecule has 1 aromatic heterocycles. The summed E-state index contributed by atoms with van der Waals surface area (Å²) in [6.45, 7) is 1.41. The molecular weight excluding hydrogens is 325 g/mol. The van der Waals surface area contributed by atoms with Crippen molar-refractivity contribution in [3.63, 3.8) is 0 Å². The van der Waals surface area contributed by atoms with Gasteiger partial charge in [-0.1, -0.05) is 0 Å². The molecule has 0 saturated carbocycles. The van der Waals surface area contributed by atoms with E-state index >= 15 is 0 Å². The van der Waals surface area contributed by atoms with Crippen molar-refractivity contribution in [3.8, 4) is 5.69 Å². The Morgan fingerprint density at radius 2 is 2.00 bits per heavy atom. The smallest absolute Gasteiger partial charge is 0.295 e. The van der Waals surface area contributed by atoms with E-state index in [2.05, 4.69) is 21.0 Å². The average Bonchev–Trinajstić information content (AvgIpc) is 2.77. The van der Waals surface area contributed by atoms with Crippen LogP contribution in [0, 0.1) is 0 Å². The number of Topliss-reactive ketones (excluding diaryl/α,β-unsaturated/α-hetero) is 1. The Hall–Kier alpha value is -1.63. The first-order valence-corrected chi connectivity index (χ1v) is 6.02. The second kappa shape index (κ2) is 4.80. The monoisotopic (exact) mass is 332 g/mol. The highest BCUT2D eigenvalue weighted by Gasteiger charge is 2.33. The summed E-state index contributed by atoms with van der Waals surface area (Å²) < 4.78 is 39.0. The lowest BCUT2D eigenvalue weighted by Gasteiger charge is -2.06. The molecule has 2 aromatic rings. The first-order chi connectivity index (χ1) is 8.79. The summed E-state index contributed by atoms with van der Waals surface area (Å²) in [6, 6.07) is 5.52. The molecule has 0 atom stereocenters. The van der Waals surface area contributed by atoms with Crippen LogP contribution in [-0.2, 0) is 6.18 Å². The van der Waals surface area contributed by atoms with E-state index in [9.17, 15) is 18.0 Å². The van der Waals surface area contributed by atoms with Gasteiger partial charge in [0.2, 0.25) is 0 Å². The van der Waals surface area contributed by atoms with Gasteiger partial charge in [-0.15, -0.1) is 0 Å². The Morgan fingerprint density at radius 1 is 1.32 bits per heavy atom. The van der Waals surface area contributed by atoms with Crippen LogP contribution in [-0.4, -0.2) is 15.6 Å². The Morgan fingerprint density at radius 3 is 2.47 bits per heavy atom. The summed E-state index contributed by atoms with van der Waals surface area (Å²) in [6.07, 6.45) is -3.26. The van der Waals surface area contributed by atoms with E-state index in [-0.39, 0.29) is 5.78 Å². The van der Waals surface area contributed by atoms with Crippen molar-refractivity contribution in [2.45, 2.75) is 13.1 Å². The van der Waals surface area contributed by atoms with Crippen molar-refractivity contribution in [1.29, 1.82) is 0 Å². The summed E-state index contributed by atoms with van der Waals surface area (Å²) in [5, 5.41) is 3.46. The molecule has 0 bridgehead atoms. The lowest BCUT2D eigenvalue weighted by atomic mass is 10.1. The number of hydrogen-bond donors (Lipinski definition) is 0. The first-order valence-electron chi connectivity index (χ1n) is 5.23. The molecule has 0 aliphatic rings. The van der Waals surface area contributed by atoms with Crippen LogP contribution < -0.4 is 0 Å². The van der Waals surface area contributed by atoms with E-state index in [0.717, 1.165) is 10.7 Å². The van der Waals surface area contributed by atoms with Gasteiger partial charge in [-0.05, 0) is 47.1 Å². The highest BCUT2D eigenvalue weighted by molar-refractivity contribution is 9.10. The summed E-state index contributed by atoms with van der Waals surface area (Å²) >= 11 is 3.22. The van der Waals surface area contributed by atoms with E-state index in [1.165, 1.54) is 25.3 Å². The van der Waals surface area contributed by atoms with Gasteiger partial charge in [0.15, 0.2) is 11.5 Å². The fourth-order valence-corrected chi connectivity index (χ4v) is 2.08. The Kier molecular flexibility index (Phi) is 3.49. The molecule has 0 unspecified atom stereocenters. The topological polar surface area (TPSA) is 34.9 Å². The van der Waals surface area contributed by atoms with Crippen molar-refractivity contribution < 1.29 is 18.0 Å². The minimum absolute atomic E-state index is 0.122. The van der Waals surface area contributed by atoms with E-state index < -0.39 is 11.9 Å². The molecule has 0 spiro atoms. The summed E-state index contributed by atoms with van der Waals surface area (Å²) in [4.78, 5) is 11.2. The fourth-order valence-electron chi connectivity index (χ4n) is 1.52. The molecule has 0 radical (unpaired) electrons. The predicted octanol–water partition coefficient (Wildman–Crippen LogP) is 3.86. The molecular formula is C12H8BrF3N2O. The quantitative estimate of drug-likeness (QED) is 0.783. The number of aromatic nitrogens is 2. The Balaban J connectivity index is 2.43. The minimum atomic E-state index is -4.48. The number of rotatable bonds is 2. The number of benzene rings is 1. The molecule has 1 heterocycles. The number of carbonyl (C=O) groups is 1. The molecule has 0 aliphatic heterocycles. The zero-order valence-electron chi connectivity index (χ0n) is 9.70. The van der Waals surface area contributed by atoms with Crippen molar-refractivity contribution in [2.24, 2.45) is 0 Å². The van der Waals surface area contributed by atoms with Crippen LogP contribution in [0.15, 0.2) is 34.9 Å². The maximum atomic E-state index is 12.5. The number of alkyl halides is 3. The molecule has 7 heteroatoms. The van der Waals surface area contributed by atoms with Gasteiger partial charge >= 0.3 is 6.18 Å². The van der Waals surface area contributed by atoms with Gasteiger partial charge < -0.3 is 0 Å². The maximum absolute atomic E-state index is 12.5. The number of hydrogen-bond acceptors (Lipinski definition) is 2.